The van der Waals surface area contributed by atoms with Crippen molar-refractivity contribution in [2.45, 2.75) is 13.0 Å². The van der Waals surface area contributed by atoms with Crippen molar-refractivity contribution in [3.8, 4) is 5.75 Å². The van der Waals surface area contributed by atoms with E-state index in [0.717, 1.165) is 13.0 Å². The molecule has 2 aromatic rings. The van der Waals surface area contributed by atoms with Gasteiger partial charge in [-0.25, -0.2) is 9.37 Å². The van der Waals surface area contributed by atoms with Crippen LogP contribution in [0.15, 0.2) is 30.3 Å². The average Bonchev–Trinajstić information content (AvgIpc) is 2.79. The third kappa shape index (κ3) is 4.51. The van der Waals surface area contributed by atoms with Gasteiger partial charge in [-0.15, -0.1) is 0 Å². The fourth-order valence-electron chi connectivity index (χ4n) is 3.11. The molecular weight excluding hydrogens is 361 g/mol. The molecule has 2 heterocycles. The molecule has 0 fully saturated rings. The number of ether oxygens (including phenoxy) is 1. The molecule has 1 amide bonds. The number of likely N-dealkylation sites (N-methyl/N-ethyl adjacent to an activating group) is 1. The van der Waals surface area contributed by atoms with E-state index < -0.39 is 0 Å². The van der Waals surface area contributed by atoms with Crippen molar-refractivity contribution in [3.05, 3.63) is 47.3 Å². The molecule has 3 rings (SSSR count). The average molecular weight is 387 g/mol. The van der Waals surface area contributed by atoms with Crippen LogP contribution >= 0.6 is 0 Å². The van der Waals surface area contributed by atoms with Gasteiger partial charge < -0.3 is 25.6 Å². The molecule has 7 nitrogen and oxygen atoms in total. The fraction of sp³-hybridized carbons (Fsp3) is 0.400. The summed E-state index contributed by atoms with van der Waals surface area (Å²) in [6, 6.07) is 8.07. The van der Waals surface area contributed by atoms with Gasteiger partial charge in [-0.3, -0.25) is 4.79 Å². The van der Waals surface area contributed by atoms with E-state index in [-0.39, 0.29) is 18.3 Å². The Hall–Kier alpha value is -2.87. The van der Waals surface area contributed by atoms with Crippen LogP contribution in [-0.4, -0.2) is 56.1 Å². The Morgan fingerprint density at radius 2 is 2.11 bits per heavy atom. The Morgan fingerprint density at radius 1 is 1.29 bits per heavy atom. The van der Waals surface area contributed by atoms with Gasteiger partial charge in [0.2, 0.25) is 0 Å². The third-order valence-corrected chi connectivity index (χ3v) is 4.71. The van der Waals surface area contributed by atoms with Crippen molar-refractivity contribution in [2.24, 2.45) is 0 Å². The van der Waals surface area contributed by atoms with E-state index in [1.807, 2.05) is 19.0 Å². The zero-order chi connectivity index (χ0) is 20.1. The maximum atomic E-state index is 14.6. The van der Waals surface area contributed by atoms with Gasteiger partial charge in [-0.05, 0) is 38.2 Å². The molecule has 1 aromatic carbocycles. The van der Waals surface area contributed by atoms with Gasteiger partial charge >= 0.3 is 0 Å². The standard InChI is InChI=1S/C20H26FN5O2/c1-23-8-3-11-28-15-5-4-14(17(21)12-15)13-26-10-9-25(2)19-16(20(26)27)6-7-18(22)24-19/h4-7,12,23H,3,8-11,13H2,1-2H3,(H2,22,24). The summed E-state index contributed by atoms with van der Waals surface area (Å²) in [6.07, 6.45) is 0.841. The van der Waals surface area contributed by atoms with Crippen LogP contribution in [0.2, 0.25) is 0 Å². The Labute approximate surface area is 164 Å². The van der Waals surface area contributed by atoms with Gasteiger partial charge in [0.05, 0.1) is 12.2 Å². The number of halogens is 1. The second kappa shape index (κ2) is 8.88. The van der Waals surface area contributed by atoms with Crippen molar-refractivity contribution in [3.63, 3.8) is 0 Å². The lowest BCUT2D eigenvalue weighted by Gasteiger charge is -2.21. The maximum Gasteiger partial charge on any atom is 0.257 e. The minimum absolute atomic E-state index is 0.182. The Kier molecular flexibility index (Phi) is 6.30. The van der Waals surface area contributed by atoms with Crippen molar-refractivity contribution in [1.82, 2.24) is 15.2 Å². The molecule has 3 N–H and O–H groups in total. The molecule has 0 spiro atoms. The van der Waals surface area contributed by atoms with Crippen LogP contribution in [0, 0.1) is 5.82 Å². The van der Waals surface area contributed by atoms with Crippen LogP contribution < -0.4 is 20.7 Å². The van der Waals surface area contributed by atoms with E-state index in [1.54, 1.807) is 29.2 Å². The molecule has 0 radical (unpaired) electrons. The number of benzene rings is 1. The van der Waals surface area contributed by atoms with E-state index in [0.29, 0.717) is 48.2 Å². The number of aromatic nitrogens is 1. The molecule has 0 bridgehead atoms. The predicted octanol–water partition coefficient (Wildman–Crippen LogP) is 1.88. The number of carbonyl (C=O) groups is 1. The Morgan fingerprint density at radius 3 is 2.86 bits per heavy atom. The molecule has 1 aliphatic heterocycles. The number of amides is 1. The molecule has 0 unspecified atom stereocenters. The largest absolute Gasteiger partial charge is 0.493 e. The van der Waals surface area contributed by atoms with E-state index in [2.05, 4.69) is 10.3 Å². The normalized spacial score (nSPS) is 14.0. The van der Waals surface area contributed by atoms with Gasteiger partial charge in [0.25, 0.3) is 5.91 Å². The lowest BCUT2D eigenvalue weighted by atomic mass is 10.1. The summed E-state index contributed by atoms with van der Waals surface area (Å²) >= 11 is 0. The number of nitrogens with two attached hydrogens (primary N) is 1. The zero-order valence-electron chi connectivity index (χ0n) is 16.2. The number of hydrogen-bond acceptors (Lipinski definition) is 6. The first kappa shape index (κ1) is 19.9. The third-order valence-electron chi connectivity index (χ3n) is 4.71. The summed E-state index contributed by atoms with van der Waals surface area (Å²) in [7, 11) is 3.74. The monoisotopic (exact) mass is 387 g/mol. The van der Waals surface area contributed by atoms with Crippen LogP contribution in [0.4, 0.5) is 16.0 Å². The molecule has 28 heavy (non-hydrogen) atoms. The van der Waals surface area contributed by atoms with Crippen LogP contribution in [-0.2, 0) is 6.54 Å². The van der Waals surface area contributed by atoms with Crippen molar-refractivity contribution in [2.75, 3.05) is 51.0 Å². The number of fused-ring (bicyclic) bond motifs is 1. The first-order valence-electron chi connectivity index (χ1n) is 9.32. The number of rotatable bonds is 7. The number of anilines is 2. The van der Waals surface area contributed by atoms with Crippen molar-refractivity contribution in [1.29, 1.82) is 0 Å². The van der Waals surface area contributed by atoms with Crippen molar-refractivity contribution < 1.29 is 13.9 Å². The molecule has 8 heteroatoms. The fourth-order valence-corrected chi connectivity index (χ4v) is 3.11. The first-order valence-corrected chi connectivity index (χ1v) is 9.32. The summed E-state index contributed by atoms with van der Waals surface area (Å²) in [6.45, 7) is 2.59. The molecule has 150 valence electrons. The Balaban J connectivity index is 1.72. The maximum absolute atomic E-state index is 14.6. The summed E-state index contributed by atoms with van der Waals surface area (Å²) in [5, 5.41) is 3.04. The SMILES string of the molecule is CNCCCOc1ccc(CN2CCN(C)c3nc(N)ccc3C2=O)c(F)c1. The molecule has 1 aliphatic rings. The summed E-state index contributed by atoms with van der Waals surface area (Å²) in [5.74, 6) is 0.844. The van der Waals surface area contributed by atoms with Gasteiger partial charge in [0, 0.05) is 38.3 Å². The minimum Gasteiger partial charge on any atom is -0.493 e. The second-order valence-electron chi connectivity index (χ2n) is 6.81. The minimum atomic E-state index is -0.382. The first-order chi connectivity index (χ1) is 13.5. The van der Waals surface area contributed by atoms with E-state index >= 15 is 0 Å². The predicted molar refractivity (Wildman–Crippen MR) is 107 cm³/mol. The number of nitrogen functional groups attached to an aromatic ring is 1. The summed E-state index contributed by atoms with van der Waals surface area (Å²) in [4.78, 5) is 20.7. The topological polar surface area (TPSA) is 83.7 Å². The number of nitrogens with zero attached hydrogens (tertiary/aromatic N) is 3. The smallest absolute Gasteiger partial charge is 0.257 e. The number of nitrogens with one attached hydrogen (secondary N) is 1. The number of carbonyl (C=O) groups excluding carboxylic acids is 1. The highest BCUT2D eigenvalue weighted by Gasteiger charge is 2.26. The highest BCUT2D eigenvalue weighted by molar-refractivity contribution is 5.99. The lowest BCUT2D eigenvalue weighted by molar-refractivity contribution is 0.0753. The van der Waals surface area contributed by atoms with Gasteiger partial charge in [0.15, 0.2) is 0 Å². The molecule has 0 saturated heterocycles. The van der Waals surface area contributed by atoms with Crippen LogP contribution in [0.25, 0.3) is 0 Å². The van der Waals surface area contributed by atoms with Crippen molar-refractivity contribution >= 4 is 17.5 Å². The van der Waals surface area contributed by atoms with E-state index in [1.165, 1.54) is 6.07 Å². The summed E-state index contributed by atoms with van der Waals surface area (Å²) < 4.78 is 20.1. The lowest BCUT2D eigenvalue weighted by Crippen LogP contribution is -2.33. The summed E-state index contributed by atoms with van der Waals surface area (Å²) in [5.41, 5.74) is 6.68. The molecule has 1 aromatic heterocycles. The molecule has 0 aliphatic carbocycles. The highest BCUT2D eigenvalue weighted by Crippen LogP contribution is 2.25. The molecule has 0 atom stereocenters. The molecular formula is C20H26FN5O2. The number of pyridine rings is 1. The second-order valence-corrected chi connectivity index (χ2v) is 6.81. The number of hydrogen-bond donors (Lipinski definition) is 2. The van der Waals surface area contributed by atoms with Crippen LogP contribution in [0.1, 0.15) is 22.3 Å². The quantitative estimate of drug-likeness (QED) is 0.706. The Bertz CT molecular complexity index is 845. The van der Waals surface area contributed by atoms with Gasteiger partial charge in [-0.1, -0.05) is 6.07 Å². The van der Waals surface area contributed by atoms with Gasteiger partial charge in [-0.2, -0.15) is 0 Å². The van der Waals surface area contributed by atoms with Crippen LogP contribution in [0.3, 0.4) is 0 Å². The van der Waals surface area contributed by atoms with Gasteiger partial charge in [0.1, 0.15) is 23.2 Å². The van der Waals surface area contributed by atoms with Crippen LogP contribution in [0.5, 0.6) is 5.75 Å². The highest BCUT2D eigenvalue weighted by atomic mass is 19.1. The van der Waals surface area contributed by atoms with E-state index in [9.17, 15) is 9.18 Å². The van der Waals surface area contributed by atoms with E-state index in [4.69, 9.17) is 10.5 Å². The zero-order valence-corrected chi connectivity index (χ0v) is 16.2. The molecule has 0 saturated carbocycles.